The Kier molecular flexibility index (Phi) is 7.37. The number of sulfonamides is 1. The summed E-state index contributed by atoms with van der Waals surface area (Å²) in [5.74, 6) is -0.139. The van der Waals surface area contributed by atoms with Crippen LogP contribution in [0.4, 0.5) is 5.69 Å². The number of anilines is 1. The SMILES string of the molecule is Cc1ccc(S(=O)(=O)N(Cc2ccccc2)c2ccccc2C(=O)N(C)C2CCCCC2)cc1. The van der Waals surface area contributed by atoms with E-state index in [0.29, 0.717) is 11.3 Å². The topological polar surface area (TPSA) is 57.7 Å². The van der Waals surface area contributed by atoms with Crippen LogP contribution in [-0.2, 0) is 16.6 Å². The predicted molar refractivity (Wildman–Crippen MR) is 136 cm³/mol. The molecule has 1 aliphatic rings. The van der Waals surface area contributed by atoms with Crippen molar-refractivity contribution >= 4 is 21.6 Å². The Hall–Kier alpha value is -3.12. The maximum absolute atomic E-state index is 13.9. The van der Waals surface area contributed by atoms with Crippen molar-refractivity contribution in [1.82, 2.24) is 4.90 Å². The Labute approximate surface area is 203 Å². The molecule has 1 saturated carbocycles. The number of hydrogen-bond donors (Lipinski definition) is 0. The molecule has 0 spiro atoms. The lowest BCUT2D eigenvalue weighted by atomic mass is 9.94. The van der Waals surface area contributed by atoms with Crippen LogP contribution in [0.1, 0.15) is 53.6 Å². The van der Waals surface area contributed by atoms with Crippen LogP contribution in [0.5, 0.6) is 0 Å². The quantitative estimate of drug-likeness (QED) is 0.433. The molecule has 0 aliphatic heterocycles. The van der Waals surface area contributed by atoms with Crippen LogP contribution in [0.15, 0.2) is 83.8 Å². The second-order valence-corrected chi connectivity index (χ2v) is 10.9. The van der Waals surface area contributed by atoms with Gasteiger partial charge in [-0.15, -0.1) is 0 Å². The lowest BCUT2D eigenvalue weighted by Crippen LogP contribution is -2.39. The Morgan fingerprint density at radius 2 is 1.47 bits per heavy atom. The van der Waals surface area contributed by atoms with E-state index in [4.69, 9.17) is 0 Å². The normalized spacial score (nSPS) is 14.5. The third-order valence-electron chi connectivity index (χ3n) is 6.62. The van der Waals surface area contributed by atoms with Gasteiger partial charge in [0, 0.05) is 13.1 Å². The standard InChI is InChI=1S/C28H32N2O3S/c1-22-17-19-25(20-18-22)34(32,33)30(21-23-11-5-3-6-12-23)27-16-10-9-15-26(27)28(31)29(2)24-13-7-4-8-14-24/h3,5-6,9-12,15-20,24H,4,7-8,13-14,21H2,1-2H3. The summed E-state index contributed by atoms with van der Waals surface area (Å²) in [4.78, 5) is 15.6. The largest absolute Gasteiger partial charge is 0.339 e. The Balaban J connectivity index is 1.77. The first-order chi connectivity index (χ1) is 16.4. The van der Waals surface area contributed by atoms with Gasteiger partial charge in [0.1, 0.15) is 0 Å². The van der Waals surface area contributed by atoms with Gasteiger partial charge in [-0.1, -0.05) is 79.4 Å². The van der Waals surface area contributed by atoms with E-state index >= 15 is 0 Å². The molecule has 3 aromatic carbocycles. The number of nitrogens with zero attached hydrogens (tertiary/aromatic N) is 2. The highest BCUT2D eigenvalue weighted by Crippen LogP contribution is 2.31. The minimum atomic E-state index is -3.91. The van der Waals surface area contributed by atoms with Crippen molar-refractivity contribution in [3.05, 3.63) is 95.6 Å². The molecule has 0 radical (unpaired) electrons. The first-order valence-corrected chi connectivity index (χ1v) is 13.3. The zero-order valence-corrected chi connectivity index (χ0v) is 20.7. The molecule has 0 saturated heterocycles. The van der Waals surface area contributed by atoms with E-state index in [0.717, 1.165) is 36.8 Å². The van der Waals surface area contributed by atoms with Crippen LogP contribution < -0.4 is 4.31 Å². The minimum absolute atomic E-state index is 0.133. The van der Waals surface area contributed by atoms with Gasteiger partial charge in [0.25, 0.3) is 15.9 Å². The van der Waals surface area contributed by atoms with Gasteiger partial charge in [-0.3, -0.25) is 9.10 Å². The molecule has 5 nitrogen and oxygen atoms in total. The monoisotopic (exact) mass is 476 g/mol. The van der Waals surface area contributed by atoms with Gasteiger partial charge in [0.15, 0.2) is 0 Å². The van der Waals surface area contributed by atoms with Crippen molar-refractivity contribution in [1.29, 1.82) is 0 Å². The average Bonchev–Trinajstić information content (AvgIpc) is 2.88. The van der Waals surface area contributed by atoms with E-state index < -0.39 is 10.0 Å². The van der Waals surface area contributed by atoms with Crippen LogP contribution in [0, 0.1) is 6.92 Å². The second-order valence-electron chi connectivity index (χ2n) is 9.04. The van der Waals surface area contributed by atoms with Crippen LogP contribution >= 0.6 is 0 Å². The molecule has 1 aliphatic carbocycles. The van der Waals surface area contributed by atoms with Crippen LogP contribution in [-0.4, -0.2) is 32.3 Å². The molecule has 0 aromatic heterocycles. The van der Waals surface area contributed by atoms with Gasteiger partial charge in [0.2, 0.25) is 0 Å². The molecule has 0 atom stereocenters. The van der Waals surface area contributed by atoms with Crippen molar-refractivity contribution in [2.24, 2.45) is 0 Å². The number of amides is 1. The third kappa shape index (κ3) is 5.17. The fourth-order valence-corrected chi connectivity index (χ4v) is 6.05. The first-order valence-electron chi connectivity index (χ1n) is 11.9. The van der Waals surface area contributed by atoms with Gasteiger partial charge >= 0.3 is 0 Å². The average molecular weight is 477 g/mol. The first kappa shape index (κ1) is 24.0. The summed E-state index contributed by atoms with van der Waals surface area (Å²) < 4.78 is 29.2. The number of carbonyl (C=O) groups is 1. The van der Waals surface area contributed by atoms with Crippen molar-refractivity contribution < 1.29 is 13.2 Å². The third-order valence-corrected chi connectivity index (χ3v) is 8.40. The summed E-state index contributed by atoms with van der Waals surface area (Å²) in [7, 11) is -2.07. The van der Waals surface area contributed by atoms with Gasteiger partial charge in [-0.05, 0) is 49.6 Å². The molecule has 34 heavy (non-hydrogen) atoms. The number of aryl methyl sites for hydroxylation is 1. The molecule has 0 N–H and O–H groups in total. The van der Waals surface area contributed by atoms with Gasteiger partial charge < -0.3 is 4.90 Å². The zero-order valence-electron chi connectivity index (χ0n) is 19.9. The van der Waals surface area contributed by atoms with Crippen LogP contribution in [0.3, 0.4) is 0 Å². The van der Waals surface area contributed by atoms with E-state index in [1.165, 1.54) is 10.7 Å². The lowest BCUT2D eigenvalue weighted by Gasteiger charge is -2.33. The van der Waals surface area contributed by atoms with Gasteiger partial charge in [-0.2, -0.15) is 0 Å². The molecule has 1 fully saturated rings. The van der Waals surface area contributed by atoms with E-state index in [9.17, 15) is 13.2 Å². The van der Waals surface area contributed by atoms with E-state index in [1.54, 1.807) is 53.4 Å². The van der Waals surface area contributed by atoms with Crippen molar-refractivity contribution in [2.75, 3.05) is 11.4 Å². The van der Waals surface area contributed by atoms with E-state index in [2.05, 4.69) is 0 Å². The summed E-state index contributed by atoms with van der Waals surface area (Å²) >= 11 is 0. The summed E-state index contributed by atoms with van der Waals surface area (Å²) in [6.45, 7) is 2.06. The second kappa shape index (κ2) is 10.4. The summed E-state index contributed by atoms with van der Waals surface area (Å²) in [5.41, 5.74) is 2.64. The molecule has 3 aromatic rings. The maximum Gasteiger partial charge on any atom is 0.264 e. The molecular weight excluding hydrogens is 444 g/mol. The summed E-state index contributed by atoms with van der Waals surface area (Å²) in [6.07, 6.45) is 5.41. The lowest BCUT2D eigenvalue weighted by molar-refractivity contribution is 0.0697. The highest BCUT2D eigenvalue weighted by molar-refractivity contribution is 7.92. The molecule has 0 bridgehead atoms. The molecular formula is C28H32N2O3S. The van der Waals surface area contributed by atoms with E-state index in [-0.39, 0.29) is 23.4 Å². The summed E-state index contributed by atoms with van der Waals surface area (Å²) in [6, 6.07) is 23.6. The van der Waals surface area contributed by atoms with Gasteiger partial charge in [-0.25, -0.2) is 8.42 Å². The Morgan fingerprint density at radius 1 is 0.853 bits per heavy atom. The summed E-state index contributed by atoms with van der Waals surface area (Å²) in [5, 5.41) is 0. The van der Waals surface area contributed by atoms with E-state index in [1.807, 2.05) is 44.3 Å². The van der Waals surface area contributed by atoms with Crippen molar-refractivity contribution in [3.63, 3.8) is 0 Å². The number of carbonyl (C=O) groups excluding carboxylic acids is 1. The molecule has 1 amide bonds. The molecule has 0 heterocycles. The zero-order chi connectivity index (χ0) is 24.1. The molecule has 0 unspecified atom stereocenters. The number of benzene rings is 3. The minimum Gasteiger partial charge on any atom is -0.339 e. The highest BCUT2D eigenvalue weighted by Gasteiger charge is 2.31. The molecule has 6 heteroatoms. The maximum atomic E-state index is 13.9. The fourth-order valence-electron chi connectivity index (χ4n) is 4.58. The smallest absolute Gasteiger partial charge is 0.264 e. The fraction of sp³-hybridized carbons (Fsp3) is 0.321. The van der Waals surface area contributed by atoms with Crippen LogP contribution in [0.2, 0.25) is 0 Å². The van der Waals surface area contributed by atoms with Crippen LogP contribution in [0.25, 0.3) is 0 Å². The number of hydrogen-bond acceptors (Lipinski definition) is 3. The Morgan fingerprint density at radius 3 is 2.15 bits per heavy atom. The van der Waals surface area contributed by atoms with Crippen molar-refractivity contribution in [2.45, 2.75) is 56.5 Å². The molecule has 4 rings (SSSR count). The number of para-hydroxylation sites is 1. The van der Waals surface area contributed by atoms with Crippen molar-refractivity contribution in [3.8, 4) is 0 Å². The molecule has 178 valence electrons. The number of rotatable bonds is 7. The Bertz CT molecular complexity index is 1220. The highest BCUT2D eigenvalue weighted by atomic mass is 32.2. The van der Waals surface area contributed by atoms with Gasteiger partial charge in [0.05, 0.1) is 22.7 Å². The predicted octanol–water partition coefficient (Wildman–Crippen LogP) is 5.80.